The molecule has 11 heteroatoms. The van der Waals surface area contributed by atoms with Crippen LogP contribution >= 0.6 is 0 Å². The number of aromatic amines is 2. The van der Waals surface area contributed by atoms with Crippen LogP contribution in [0.4, 0.5) is 11.9 Å². The topological polar surface area (TPSA) is 145 Å². The number of aromatic nitrogens is 7. The van der Waals surface area contributed by atoms with Gasteiger partial charge in [-0.1, -0.05) is 35.4 Å². The highest BCUT2D eigenvalue weighted by molar-refractivity contribution is 5.99. The predicted octanol–water partition coefficient (Wildman–Crippen LogP) is 0.875. The molecule has 1 aromatic carbocycles. The van der Waals surface area contributed by atoms with Crippen LogP contribution in [0.15, 0.2) is 52.0 Å². The van der Waals surface area contributed by atoms with Crippen molar-refractivity contribution in [1.29, 1.82) is 0 Å². The molecule has 0 saturated carbocycles. The molecule has 0 unspecified atom stereocenters. The van der Waals surface area contributed by atoms with E-state index in [0.29, 0.717) is 5.84 Å². The van der Waals surface area contributed by atoms with Crippen molar-refractivity contribution in [1.82, 2.24) is 35.8 Å². The summed E-state index contributed by atoms with van der Waals surface area (Å²) in [5, 5.41) is 31.5. The van der Waals surface area contributed by atoms with Crippen molar-refractivity contribution in [3.8, 4) is 0 Å². The number of nitrogens with zero attached hydrogens (tertiary/aromatic N) is 8. The second-order valence-electron chi connectivity index (χ2n) is 3.66. The van der Waals surface area contributed by atoms with Crippen LogP contribution in [0.1, 0.15) is 5.56 Å². The summed E-state index contributed by atoms with van der Waals surface area (Å²) in [5.74, 6) is 0.827. The molecular formula is C10H9N11. The molecule has 0 aliphatic carbocycles. The lowest BCUT2D eigenvalue weighted by molar-refractivity contribution is 0.881. The highest BCUT2D eigenvalue weighted by Crippen LogP contribution is 2.07. The Morgan fingerprint density at radius 3 is 2.81 bits per heavy atom. The number of hydrazone groups is 1. The van der Waals surface area contributed by atoms with Gasteiger partial charge >= 0.3 is 0 Å². The van der Waals surface area contributed by atoms with E-state index in [1.807, 2.05) is 30.3 Å². The summed E-state index contributed by atoms with van der Waals surface area (Å²) in [6, 6.07) is 9.31. The van der Waals surface area contributed by atoms with Gasteiger partial charge in [-0.3, -0.25) is 0 Å². The maximum absolute atomic E-state index is 4.10. The zero-order valence-corrected chi connectivity index (χ0v) is 10.5. The molecule has 3 rings (SSSR count). The molecule has 104 valence electrons. The molecule has 3 N–H and O–H groups in total. The molecule has 0 fully saturated rings. The number of benzene rings is 1. The van der Waals surface area contributed by atoms with Crippen LogP contribution in [0.3, 0.4) is 0 Å². The zero-order chi connectivity index (χ0) is 14.3. The largest absolute Gasteiger partial charge is 0.283 e. The molecule has 0 amide bonds. The minimum atomic E-state index is 0.221. The van der Waals surface area contributed by atoms with Gasteiger partial charge in [0.05, 0.1) is 0 Å². The number of nitrogens with one attached hydrogen (secondary N) is 3. The molecule has 21 heavy (non-hydrogen) atoms. The van der Waals surface area contributed by atoms with Crippen LogP contribution in [-0.4, -0.2) is 41.6 Å². The van der Waals surface area contributed by atoms with Gasteiger partial charge in [0.15, 0.2) is 0 Å². The smallest absolute Gasteiger partial charge is 0.242 e. The number of hydrogen-bond donors (Lipinski definition) is 3. The summed E-state index contributed by atoms with van der Waals surface area (Å²) in [6.07, 6.45) is 1.34. The van der Waals surface area contributed by atoms with E-state index in [9.17, 15) is 0 Å². The van der Waals surface area contributed by atoms with Crippen molar-refractivity contribution in [2.75, 3.05) is 5.43 Å². The first-order chi connectivity index (χ1) is 10.4. The lowest BCUT2D eigenvalue weighted by atomic mass is 10.2. The normalized spacial score (nSPS) is 11.9. The first kappa shape index (κ1) is 12.5. The second-order valence-corrected chi connectivity index (χ2v) is 3.66. The van der Waals surface area contributed by atoms with Gasteiger partial charge in [-0.25, -0.2) is 10.5 Å². The third-order valence-corrected chi connectivity index (χ3v) is 2.28. The fourth-order valence-corrected chi connectivity index (χ4v) is 1.39. The molecule has 2 aromatic heterocycles. The number of tetrazole rings is 1. The van der Waals surface area contributed by atoms with Gasteiger partial charge in [-0.2, -0.15) is 20.4 Å². The summed E-state index contributed by atoms with van der Waals surface area (Å²) in [6.45, 7) is 0. The van der Waals surface area contributed by atoms with Crippen molar-refractivity contribution in [3.05, 3.63) is 42.2 Å². The van der Waals surface area contributed by atoms with Crippen LogP contribution in [0.2, 0.25) is 0 Å². The standard InChI is InChI=1S/C10H9N11/c1-2-4-7(5-3-1)8(13-16-9-11-6-12-15-9)14-17-10-18-20-21-19-10/h1-6H,(H,11,12,15)(H2,17,18,19,20,21)/b14-8-,16-13?. The van der Waals surface area contributed by atoms with E-state index in [1.54, 1.807) is 0 Å². The van der Waals surface area contributed by atoms with Crippen molar-refractivity contribution in [2.45, 2.75) is 0 Å². The first-order valence-electron chi connectivity index (χ1n) is 5.81. The number of azo groups is 1. The lowest BCUT2D eigenvalue weighted by Gasteiger charge is -1.99. The van der Waals surface area contributed by atoms with E-state index >= 15 is 0 Å². The molecule has 0 atom stereocenters. The fraction of sp³-hybridized carbons (Fsp3) is 0. The average Bonchev–Trinajstić information content (AvgIpc) is 3.21. The Bertz CT molecular complexity index is 714. The van der Waals surface area contributed by atoms with E-state index in [4.69, 9.17) is 0 Å². The summed E-state index contributed by atoms with van der Waals surface area (Å²) in [4.78, 5) is 3.85. The van der Waals surface area contributed by atoms with E-state index in [1.165, 1.54) is 6.33 Å². The molecule has 0 bridgehead atoms. The van der Waals surface area contributed by atoms with Crippen LogP contribution in [-0.2, 0) is 0 Å². The Balaban J connectivity index is 1.85. The van der Waals surface area contributed by atoms with Gasteiger partial charge in [0.25, 0.3) is 11.9 Å². The van der Waals surface area contributed by atoms with Crippen LogP contribution in [0.25, 0.3) is 0 Å². The summed E-state index contributed by atoms with van der Waals surface area (Å²) in [5.41, 5.74) is 3.39. The van der Waals surface area contributed by atoms with Gasteiger partial charge in [-0.05, 0) is 5.21 Å². The summed E-state index contributed by atoms with van der Waals surface area (Å²) < 4.78 is 0. The van der Waals surface area contributed by atoms with Crippen molar-refractivity contribution < 1.29 is 0 Å². The lowest BCUT2D eigenvalue weighted by Crippen LogP contribution is -2.02. The molecule has 11 nitrogen and oxygen atoms in total. The first-order valence-corrected chi connectivity index (χ1v) is 5.81. The van der Waals surface area contributed by atoms with Crippen molar-refractivity contribution in [3.63, 3.8) is 0 Å². The third kappa shape index (κ3) is 3.28. The van der Waals surface area contributed by atoms with Gasteiger partial charge in [0.2, 0.25) is 5.84 Å². The summed E-state index contributed by atoms with van der Waals surface area (Å²) >= 11 is 0. The molecule has 3 aromatic rings. The molecule has 0 aliphatic heterocycles. The van der Waals surface area contributed by atoms with E-state index in [-0.39, 0.29) is 11.9 Å². The molecule has 0 aliphatic rings. The van der Waals surface area contributed by atoms with Gasteiger partial charge in [0.1, 0.15) is 6.33 Å². The molecule has 2 heterocycles. The maximum atomic E-state index is 4.10. The van der Waals surface area contributed by atoms with Gasteiger partial charge in [-0.15, -0.1) is 15.3 Å². The number of H-pyrrole nitrogens is 2. The maximum Gasteiger partial charge on any atom is 0.283 e. The summed E-state index contributed by atoms with van der Waals surface area (Å²) in [7, 11) is 0. The number of hydrogen-bond acceptors (Lipinski definition) is 8. The third-order valence-electron chi connectivity index (χ3n) is 2.28. The Kier molecular flexibility index (Phi) is 3.64. The van der Waals surface area contributed by atoms with Crippen LogP contribution in [0, 0.1) is 0 Å². The minimum absolute atomic E-state index is 0.221. The van der Waals surface area contributed by atoms with Crippen molar-refractivity contribution in [2.24, 2.45) is 15.3 Å². The van der Waals surface area contributed by atoms with E-state index in [0.717, 1.165) is 5.56 Å². The average molecular weight is 283 g/mol. The van der Waals surface area contributed by atoms with Gasteiger partial charge < -0.3 is 0 Å². The quantitative estimate of drug-likeness (QED) is 0.280. The zero-order valence-electron chi connectivity index (χ0n) is 10.5. The van der Waals surface area contributed by atoms with Crippen LogP contribution in [0.5, 0.6) is 0 Å². The second kappa shape index (κ2) is 6.10. The number of rotatable bonds is 4. The predicted molar refractivity (Wildman–Crippen MR) is 71.7 cm³/mol. The van der Waals surface area contributed by atoms with Crippen LogP contribution < -0.4 is 5.43 Å². The molecule has 0 spiro atoms. The minimum Gasteiger partial charge on any atom is -0.242 e. The molecule has 0 radical (unpaired) electrons. The SMILES string of the molecule is c1ccc(/C(N=Nc2ncn[nH]2)=N/Nc2nn[nH]n2)cc1. The Morgan fingerprint density at radius 2 is 2.10 bits per heavy atom. The molecular weight excluding hydrogens is 274 g/mol. The Morgan fingerprint density at radius 1 is 1.19 bits per heavy atom. The highest BCUT2D eigenvalue weighted by atomic mass is 15.5. The monoisotopic (exact) mass is 283 g/mol. The molecule has 0 saturated heterocycles. The Hall–Kier alpha value is -3.50. The fourth-order valence-electron chi connectivity index (χ4n) is 1.39. The number of amidine groups is 1. The van der Waals surface area contributed by atoms with Crippen molar-refractivity contribution >= 4 is 17.7 Å². The van der Waals surface area contributed by atoms with Gasteiger partial charge in [0, 0.05) is 5.56 Å². The highest BCUT2D eigenvalue weighted by Gasteiger charge is 2.04. The Labute approximate surface area is 117 Å². The van der Waals surface area contributed by atoms with E-state index in [2.05, 4.69) is 56.6 Å². The van der Waals surface area contributed by atoms with E-state index < -0.39 is 0 Å². The number of anilines is 1.